The van der Waals surface area contributed by atoms with E-state index in [1.807, 2.05) is 42.5 Å². The number of anilines is 2. The van der Waals surface area contributed by atoms with Gasteiger partial charge in [0.15, 0.2) is 6.10 Å². The maximum Gasteiger partial charge on any atom is 0.265 e. The highest BCUT2D eigenvalue weighted by molar-refractivity contribution is 7.89. The summed E-state index contributed by atoms with van der Waals surface area (Å²) in [5.74, 6) is -0.298. The Morgan fingerprint density at radius 3 is 2.57 bits per heavy atom. The Morgan fingerprint density at radius 1 is 1.09 bits per heavy atom. The van der Waals surface area contributed by atoms with Gasteiger partial charge in [0.05, 0.1) is 10.6 Å². The van der Waals surface area contributed by atoms with E-state index >= 15 is 0 Å². The number of ether oxygens (including phenoxy) is 1. The molecule has 35 heavy (non-hydrogen) atoms. The zero-order valence-corrected chi connectivity index (χ0v) is 20.4. The quantitative estimate of drug-likeness (QED) is 0.574. The van der Waals surface area contributed by atoms with Crippen molar-refractivity contribution in [1.29, 1.82) is 0 Å². The van der Waals surface area contributed by atoms with Gasteiger partial charge in [-0.05, 0) is 49.8 Å². The SMILES string of the molecule is Cc1cc2c(cc1S(=O)(=O)N1CCC(C(=O)Nc3cccc4ccccc34)CC1)O[C@@H](C)C(=O)N2. The zero-order chi connectivity index (χ0) is 24.7. The van der Waals surface area contributed by atoms with Gasteiger partial charge in [0.1, 0.15) is 5.75 Å². The fourth-order valence-corrected chi connectivity index (χ4v) is 6.38. The van der Waals surface area contributed by atoms with Gasteiger partial charge in [-0.15, -0.1) is 0 Å². The number of rotatable bonds is 4. The molecule has 0 aromatic heterocycles. The molecule has 0 aliphatic carbocycles. The summed E-state index contributed by atoms with van der Waals surface area (Å²) in [6.07, 6.45) is 0.170. The van der Waals surface area contributed by atoms with E-state index in [2.05, 4.69) is 10.6 Å². The van der Waals surface area contributed by atoms with E-state index in [1.54, 1.807) is 19.9 Å². The van der Waals surface area contributed by atoms with Crippen molar-refractivity contribution in [3.63, 3.8) is 0 Å². The first-order valence-corrected chi connectivity index (χ1v) is 13.1. The second-order valence-electron chi connectivity index (χ2n) is 9.06. The van der Waals surface area contributed by atoms with Crippen LogP contribution in [0, 0.1) is 12.8 Å². The number of sulfonamides is 1. The molecule has 2 N–H and O–H groups in total. The van der Waals surface area contributed by atoms with Crippen LogP contribution in [0.4, 0.5) is 11.4 Å². The minimum absolute atomic E-state index is 0.0958. The normalized spacial score (nSPS) is 19.0. The fourth-order valence-electron chi connectivity index (χ4n) is 4.69. The van der Waals surface area contributed by atoms with E-state index in [9.17, 15) is 18.0 Å². The second-order valence-corrected chi connectivity index (χ2v) is 11.0. The molecule has 1 saturated heterocycles. The zero-order valence-electron chi connectivity index (χ0n) is 19.6. The van der Waals surface area contributed by atoms with Crippen LogP contribution < -0.4 is 15.4 Å². The van der Waals surface area contributed by atoms with Crippen LogP contribution in [0.3, 0.4) is 0 Å². The van der Waals surface area contributed by atoms with Crippen LogP contribution in [-0.2, 0) is 19.6 Å². The molecule has 9 heteroatoms. The van der Waals surface area contributed by atoms with Gasteiger partial charge in [-0.1, -0.05) is 36.4 Å². The third-order valence-electron chi connectivity index (χ3n) is 6.70. The third-order valence-corrected chi connectivity index (χ3v) is 8.74. The van der Waals surface area contributed by atoms with Gasteiger partial charge < -0.3 is 15.4 Å². The summed E-state index contributed by atoms with van der Waals surface area (Å²) in [7, 11) is -3.79. The van der Waals surface area contributed by atoms with Gasteiger partial charge in [0.2, 0.25) is 15.9 Å². The number of amides is 2. The topological polar surface area (TPSA) is 105 Å². The first-order valence-electron chi connectivity index (χ1n) is 11.6. The number of hydrogen-bond donors (Lipinski definition) is 2. The van der Waals surface area contributed by atoms with Crippen LogP contribution in [0.25, 0.3) is 10.8 Å². The van der Waals surface area contributed by atoms with E-state index in [1.165, 1.54) is 10.4 Å². The van der Waals surface area contributed by atoms with Crippen LogP contribution in [0.2, 0.25) is 0 Å². The number of carbonyl (C=O) groups is 2. The number of piperidine rings is 1. The first kappa shape index (κ1) is 23.3. The van der Waals surface area contributed by atoms with E-state index in [-0.39, 0.29) is 35.7 Å². The minimum atomic E-state index is -3.79. The van der Waals surface area contributed by atoms with Crippen molar-refractivity contribution in [2.24, 2.45) is 5.92 Å². The largest absolute Gasteiger partial charge is 0.479 e. The number of nitrogens with zero attached hydrogens (tertiary/aromatic N) is 1. The molecule has 1 atom stereocenters. The van der Waals surface area contributed by atoms with Gasteiger partial charge >= 0.3 is 0 Å². The maximum absolute atomic E-state index is 13.4. The second kappa shape index (κ2) is 8.98. The molecular weight excluding hydrogens is 466 g/mol. The van der Waals surface area contributed by atoms with Gasteiger partial charge in [-0.3, -0.25) is 9.59 Å². The average molecular weight is 494 g/mol. The average Bonchev–Trinajstić information content (AvgIpc) is 2.85. The predicted molar refractivity (Wildman–Crippen MR) is 134 cm³/mol. The Labute approximate surface area is 204 Å². The van der Waals surface area contributed by atoms with Crippen LogP contribution in [0.15, 0.2) is 59.5 Å². The molecule has 0 radical (unpaired) electrons. The van der Waals surface area contributed by atoms with Crippen molar-refractivity contribution in [3.05, 3.63) is 60.2 Å². The molecule has 2 aliphatic rings. The van der Waals surface area contributed by atoms with Crippen molar-refractivity contribution in [1.82, 2.24) is 4.31 Å². The van der Waals surface area contributed by atoms with Crippen LogP contribution in [-0.4, -0.2) is 43.7 Å². The van der Waals surface area contributed by atoms with Crippen LogP contribution >= 0.6 is 0 Å². The molecule has 0 bridgehead atoms. The first-order chi connectivity index (χ1) is 16.7. The van der Waals surface area contributed by atoms with E-state index in [0.717, 1.165) is 16.5 Å². The lowest BCUT2D eigenvalue weighted by Gasteiger charge is -2.31. The lowest BCUT2D eigenvalue weighted by Crippen LogP contribution is -2.41. The predicted octanol–water partition coefficient (Wildman–Crippen LogP) is 3.91. The van der Waals surface area contributed by atoms with E-state index in [0.29, 0.717) is 29.8 Å². The number of aryl methyl sites for hydroxylation is 1. The summed E-state index contributed by atoms with van der Waals surface area (Å²) in [4.78, 5) is 25.0. The molecule has 8 nitrogen and oxygen atoms in total. The van der Waals surface area contributed by atoms with Crippen molar-refractivity contribution >= 4 is 44.0 Å². The molecule has 2 aliphatic heterocycles. The molecule has 5 rings (SSSR count). The highest BCUT2D eigenvalue weighted by Gasteiger charge is 2.34. The maximum atomic E-state index is 13.4. The van der Waals surface area contributed by atoms with Crippen LogP contribution in [0.1, 0.15) is 25.3 Å². The Kier molecular flexibility index (Phi) is 5.98. The fraction of sp³-hybridized carbons (Fsp3) is 0.308. The summed E-state index contributed by atoms with van der Waals surface area (Å²) < 4.78 is 33.9. The number of carbonyl (C=O) groups excluding carboxylic acids is 2. The van der Waals surface area contributed by atoms with Crippen molar-refractivity contribution < 1.29 is 22.7 Å². The Balaban J connectivity index is 1.29. The molecule has 0 saturated carbocycles. The van der Waals surface area contributed by atoms with Crippen molar-refractivity contribution in [2.45, 2.75) is 37.7 Å². The van der Waals surface area contributed by atoms with Gasteiger partial charge in [-0.2, -0.15) is 4.31 Å². The van der Waals surface area contributed by atoms with Gasteiger partial charge in [0, 0.05) is 36.1 Å². The third kappa shape index (κ3) is 4.37. The molecule has 2 amide bonds. The minimum Gasteiger partial charge on any atom is -0.479 e. The monoisotopic (exact) mass is 493 g/mol. The number of benzene rings is 3. The van der Waals surface area contributed by atoms with Crippen molar-refractivity contribution in [3.8, 4) is 5.75 Å². The van der Waals surface area contributed by atoms with Gasteiger partial charge in [0.25, 0.3) is 5.91 Å². The van der Waals surface area contributed by atoms with Crippen molar-refractivity contribution in [2.75, 3.05) is 23.7 Å². The molecule has 3 aromatic rings. The number of nitrogens with one attached hydrogen (secondary N) is 2. The summed E-state index contributed by atoms with van der Waals surface area (Å²) in [6.45, 7) is 3.81. The molecule has 3 aromatic carbocycles. The number of fused-ring (bicyclic) bond motifs is 2. The molecular formula is C26H27N3O5S. The molecule has 0 unspecified atom stereocenters. The molecule has 2 heterocycles. The molecule has 182 valence electrons. The molecule has 1 fully saturated rings. The van der Waals surface area contributed by atoms with E-state index in [4.69, 9.17) is 4.74 Å². The number of hydrogen-bond acceptors (Lipinski definition) is 5. The Hall–Kier alpha value is -3.43. The summed E-state index contributed by atoms with van der Waals surface area (Å²) in [5.41, 5.74) is 1.75. The van der Waals surface area contributed by atoms with E-state index < -0.39 is 16.1 Å². The summed E-state index contributed by atoms with van der Waals surface area (Å²) >= 11 is 0. The smallest absolute Gasteiger partial charge is 0.265 e. The molecule has 0 spiro atoms. The van der Waals surface area contributed by atoms with Gasteiger partial charge in [-0.25, -0.2) is 8.42 Å². The Morgan fingerprint density at radius 2 is 1.80 bits per heavy atom. The standard InChI is InChI=1S/C26H27N3O5S/c1-16-14-22-23(34-17(2)25(30)28-22)15-24(16)35(32,33)29-12-10-19(11-13-29)26(31)27-21-9-5-7-18-6-3-4-8-20(18)21/h3-9,14-15,17,19H,10-13H2,1-2H3,(H,27,31)(H,28,30)/t17-/m0/s1. The summed E-state index contributed by atoms with van der Waals surface area (Å²) in [6, 6.07) is 16.7. The lowest BCUT2D eigenvalue weighted by molar-refractivity contribution is -0.123. The Bertz CT molecular complexity index is 1420. The highest BCUT2D eigenvalue weighted by Crippen LogP contribution is 2.36. The summed E-state index contributed by atoms with van der Waals surface area (Å²) in [5, 5.41) is 7.79. The lowest BCUT2D eigenvalue weighted by atomic mass is 9.97. The van der Waals surface area contributed by atoms with Crippen LogP contribution in [0.5, 0.6) is 5.75 Å². The highest BCUT2D eigenvalue weighted by atomic mass is 32.2.